The van der Waals surface area contributed by atoms with Crippen LogP contribution in [0.15, 0.2) is 48.8 Å². The van der Waals surface area contributed by atoms with Gasteiger partial charge in [0.2, 0.25) is 0 Å². The molecule has 0 fully saturated rings. The van der Waals surface area contributed by atoms with Crippen molar-refractivity contribution in [3.63, 3.8) is 0 Å². The number of rotatable bonds is 5. The fourth-order valence-electron chi connectivity index (χ4n) is 2.50. The maximum absolute atomic E-state index is 10.4. The first-order valence-corrected chi connectivity index (χ1v) is 8.68. The third-order valence-electron chi connectivity index (χ3n) is 4.96. The Morgan fingerprint density at radius 1 is 1.15 bits per heavy atom. The first kappa shape index (κ1) is 19.1. The quantitative estimate of drug-likeness (QED) is 0.678. The molecule has 2 N–H and O–H groups in total. The van der Waals surface area contributed by atoms with Gasteiger partial charge in [0.05, 0.1) is 28.5 Å². The monoisotopic (exact) mass is 363 g/mol. The van der Waals surface area contributed by atoms with Gasteiger partial charge in [-0.3, -0.25) is 0 Å². The van der Waals surface area contributed by atoms with Gasteiger partial charge in [-0.05, 0) is 45.3 Å². The van der Waals surface area contributed by atoms with Crippen molar-refractivity contribution in [1.29, 1.82) is 5.26 Å². The van der Waals surface area contributed by atoms with Crippen molar-refractivity contribution < 1.29 is 14.8 Å². The number of imidazole rings is 1. The summed E-state index contributed by atoms with van der Waals surface area (Å²) in [5.74, 6) is 0. The van der Waals surface area contributed by atoms with Crippen molar-refractivity contribution in [3.8, 4) is 17.3 Å². The first-order chi connectivity index (χ1) is 12.6. The molecule has 0 amide bonds. The Hall–Kier alpha value is -2.66. The average Bonchev–Trinajstić information content (AvgIpc) is 3.03. The zero-order valence-electron chi connectivity index (χ0n) is 15.8. The third kappa shape index (κ3) is 3.88. The molecule has 6 nitrogen and oxygen atoms in total. The molecular formula is C20H22BN3O3. The molecule has 0 spiro atoms. The van der Waals surface area contributed by atoms with E-state index in [1.807, 2.05) is 22.7 Å². The number of nitrogens with zero attached hydrogens (tertiary/aromatic N) is 3. The van der Waals surface area contributed by atoms with E-state index < -0.39 is 18.3 Å². The van der Waals surface area contributed by atoms with E-state index in [1.54, 1.807) is 58.2 Å². The summed E-state index contributed by atoms with van der Waals surface area (Å²) in [6.45, 7) is 6.75. The van der Waals surface area contributed by atoms with Crippen LogP contribution >= 0.6 is 0 Å². The number of aromatic nitrogens is 2. The molecule has 2 heterocycles. The molecule has 0 aliphatic heterocycles. The molecule has 0 radical (unpaired) electrons. The lowest BCUT2D eigenvalue weighted by Crippen LogP contribution is -2.53. The van der Waals surface area contributed by atoms with Crippen LogP contribution in [0.2, 0.25) is 0 Å². The standard InChI is InChI=1S/C20H22BN3O3/c1-19(2,25)20(3,4)27-21(26)16-7-5-15(6-8-16)17-13-24-10-9-14(12-22)11-18(24)23-17/h5-11,13,25-26H,1-4H3. The molecule has 0 aliphatic rings. The van der Waals surface area contributed by atoms with Gasteiger partial charge in [-0.15, -0.1) is 0 Å². The van der Waals surface area contributed by atoms with Crippen LogP contribution < -0.4 is 5.46 Å². The van der Waals surface area contributed by atoms with Gasteiger partial charge in [0, 0.05) is 18.0 Å². The van der Waals surface area contributed by atoms with Crippen molar-refractivity contribution in [2.24, 2.45) is 0 Å². The van der Waals surface area contributed by atoms with E-state index in [0.717, 1.165) is 11.3 Å². The van der Waals surface area contributed by atoms with Crippen molar-refractivity contribution in [3.05, 3.63) is 54.4 Å². The second kappa shape index (κ2) is 6.82. The third-order valence-corrected chi connectivity index (χ3v) is 4.96. The smallest absolute Gasteiger partial charge is 0.423 e. The van der Waals surface area contributed by atoms with Gasteiger partial charge in [-0.25, -0.2) is 4.98 Å². The molecule has 0 bridgehead atoms. The Kier molecular flexibility index (Phi) is 4.83. The molecule has 7 heteroatoms. The van der Waals surface area contributed by atoms with E-state index in [-0.39, 0.29) is 0 Å². The van der Waals surface area contributed by atoms with Crippen LogP contribution in [0.4, 0.5) is 0 Å². The van der Waals surface area contributed by atoms with Gasteiger partial charge < -0.3 is 19.2 Å². The zero-order chi connectivity index (χ0) is 19.8. The molecule has 2 aromatic heterocycles. The predicted octanol–water partition coefficient (Wildman–Crippen LogP) is 2.13. The lowest BCUT2D eigenvalue weighted by molar-refractivity contribution is -0.0982. The second-order valence-electron chi connectivity index (χ2n) is 7.58. The number of fused-ring (bicyclic) bond motifs is 1. The Morgan fingerprint density at radius 2 is 1.81 bits per heavy atom. The number of aliphatic hydroxyl groups is 1. The highest BCUT2D eigenvalue weighted by Crippen LogP contribution is 2.25. The normalized spacial score (nSPS) is 12.2. The highest BCUT2D eigenvalue weighted by atomic mass is 16.5. The summed E-state index contributed by atoms with van der Waals surface area (Å²) in [6.07, 6.45) is 3.69. The fraction of sp³-hybridized carbons (Fsp3) is 0.300. The number of hydrogen-bond acceptors (Lipinski definition) is 5. The molecular weight excluding hydrogens is 341 g/mol. The largest absolute Gasteiger partial charge is 0.491 e. The highest BCUT2D eigenvalue weighted by Gasteiger charge is 2.39. The van der Waals surface area contributed by atoms with Crippen LogP contribution in [0, 0.1) is 11.3 Å². The summed E-state index contributed by atoms with van der Waals surface area (Å²) in [7, 11) is -1.15. The lowest BCUT2D eigenvalue weighted by atomic mass is 9.76. The van der Waals surface area contributed by atoms with Gasteiger partial charge in [0.15, 0.2) is 0 Å². The van der Waals surface area contributed by atoms with Crippen LogP contribution in [0.5, 0.6) is 0 Å². The van der Waals surface area contributed by atoms with Crippen LogP contribution in [0.25, 0.3) is 16.9 Å². The lowest BCUT2D eigenvalue weighted by Gasteiger charge is -2.38. The van der Waals surface area contributed by atoms with Gasteiger partial charge in [-0.1, -0.05) is 24.3 Å². The summed E-state index contributed by atoms with van der Waals surface area (Å²) in [4.78, 5) is 4.54. The zero-order valence-corrected chi connectivity index (χ0v) is 15.8. The van der Waals surface area contributed by atoms with Gasteiger partial charge in [0.1, 0.15) is 5.65 Å². The minimum Gasteiger partial charge on any atom is -0.423 e. The van der Waals surface area contributed by atoms with Gasteiger partial charge in [-0.2, -0.15) is 5.26 Å². The molecule has 0 unspecified atom stereocenters. The van der Waals surface area contributed by atoms with Crippen molar-refractivity contribution >= 4 is 18.2 Å². The summed E-state index contributed by atoms with van der Waals surface area (Å²) < 4.78 is 7.52. The van der Waals surface area contributed by atoms with E-state index in [1.165, 1.54) is 0 Å². The SMILES string of the molecule is CC(C)(O)C(C)(C)OB(O)c1ccc(-c2cn3ccc(C#N)cc3n2)cc1. The molecule has 3 aromatic rings. The highest BCUT2D eigenvalue weighted by molar-refractivity contribution is 6.60. The molecule has 3 rings (SSSR count). The number of benzene rings is 1. The van der Waals surface area contributed by atoms with Gasteiger partial charge in [0.25, 0.3) is 0 Å². The Balaban J connectivity index is 1.82. The molecule has 0 atom stereocenters. The van der Waals surface area contributed by atoms with E-state index in [9.17, 15) is 10.1 Å². The average molecular weight is 363 g/mol. The molecule has 0 aliphatic carbocycles. The molecule has 138 valence electrons. The molecule has 27 heavy (non-hydrogen) atoms. The molecule has 0 saturated carbocycles. The maximum atomic E-state index is 10.4. The minimum atomic E-state index is -1.15. The maximum Gasteiger partial charge on any atom is 0.491 e. The van der Waals surface area contributed by atoms with Crippen molar-refractivity contribution in [1.82, 2.24) is 9.38 Å². The summed E-state index contributed by atoms with van der Waals surface area (Å²) in [5.41, 5.74) is 1.47. The van der Waals surface area contributed by atoms with E-state index >= 15 is 0 Å². The van der Waals surface area contributed by atoms with Crippen molar-refractivity contribution in [2.45, 2.75) is 38.9 Å². The number of nitriles is 1. The predicted molar refractivity (Wildman–Crippen MR) is 104 cm³/mol. The fourth-order valence-corrected chi connectivity index (χ4v) is 2.50. The van der Waals surface area contributed by atoms with E-state index in [0.29, 0.717) is 16.7 Å². The van der Waals surface area contributed by atoms with E-state index in [4.69, 9.17) is 9.92 Å². The van der Waals surface area contributed by atoms with E-state index in [2.05, 4.69) is 11.1 Å². The number of pyridine rings is 1. The Morgan fingerprint density at radius 3 is 2.41 bits per heavy atom. The van der Waals surface area contributed by atoms with Crippen LogP contribution in [-0.4, -0.2) is 37.8 Å². The topological polar surface area (TPSA) is 90.8 Å². The first-order valence-electron chi connectivity index (χ1n) is 8.68. The molecule has 0 saturated heterocycles. The van der Waals surface area contributed by atoms with Crippen LogP contribution in [0.1, 0.15) is 33.3 Å². The Labute approximate surface area is 158 Å². The van der Waals surface area contributed by atoms with Crippen LogP contribution in [-0.2, 0) is 4.65 Å². The van der Waals surface area contributed by atoms with Crippen molar-refractivity contribution in [2.75, 3.05) is 0 Å². The molecule has 1 aromatic carbocycles. The second-order valence-corrected chi connectivity index (χ2v) is 7.58. The van der Waals surface area contributed by atoms with Gasteiger partial charge >= 0.3 is 7.12 Å². The summed E-state index contributed by atoms with van der Waals surface area (Å²) in [6, 6.07) is 12.8. The Bertz CT molecular complexity index is 998. The summed E-state index contributed by atoms with van der Waals surface area (Å²) >= 11 is 0. The minimum absolute atomic E-state index is 0.560. The summed E-state index contributed by atoms with van der Waals surface area (Å²) in [5, 5.41) is 29.5. The number of hydrogen-bond donors (Lipinski definition) is 2. The van der Waals surface area contributed by atoms with Crippen LogP contribution in [0.3, 0.4) is 0 Å².